The molecule has 5 aliphatic carbocycles. The molecule has 0 N–H and O–H groups in total. The van der Waals surface area contributed by atoms with Crippen LogP contribution in [-0.2, 0) is 9.53 Å². The molecule has 7 unspecified atom stereocenters. The average molecular weight is 481 g/mol. The number of methoxy groups -OCH3 is 1. The van der Waals surface area contributed by atoms with E-state index in [-0.39, 0.29) is 11.4 Å². The van der Waals surface area contributed by atoms with E-state index in [9.17, 15) is 4.79 Å². The van der Waals surface area contributed by atoms with Gasteiger partial charge < -0.3 is 4.74 Å². The molecule has 0 aromatic heterocycles. The van der Waals surface area contributed by atoms with Gasteiger partial charge in [-0.15, -0.1) is 19.4 Å². The Kier molecular flexibility index (Phi) is 8.72. The monoisotopic (exact) mass is 480 g/mol. The molecule has 196 valence electrons. The van der Waals surface area contributed by atoms with Gasteiger partial charge in [0.1, 0.15) is 0 Å². The van der Waals surface area contributed by atoms with Crippen LogP contribution in [0.4, 0.5) is 0 Å². The van der Waals surface area contributed by atoms with E-state index in [1.807, 2.05) is 13.8 Å². The molecule has 0 amide bonds. The maximum atomic E-state index is 13.1. The molecule has 5 aliphatic rings. The Morgan fingerprint density at radius 3 is 2.43 bits per heavy atom. The standard InChI is InChI=1S/C29H44O2.C2H6.C2H2/c1-6-8-20-12-16-27(3)22(20)13-17-28(4)23-14-18-29(26(30)31-5)15-7-9-19(2)25(29)21(23)10-11-24(27)28;2*1-2/h6,10,19-20,22-25H,1,7-9,11-18H2,2-5H3;1-2H3;1-2H/t19-,20?,22?,23?,24?,25?,27?,28?,29-;;/m0../s1. The SMILES string of the molecule is C#C.C=CCC1CCC2(C)C1CCC1(C)C3CC[C@@]4(C(=O)OC)CCC[C@H](C)C4C3=CCC12.CC. The van der Waals surface area contributed by atoms with Crippen molar-refractivity contribution >= 4 is 5.97 Å². The van der Waals surface area contributed by atoms with E-state index in [0.29, 0.717) is 28.6 Å². The van der Waals surface area contributed by atoms with E-state index in [1.54, 1.807) is 12.7 Å². The first-order valence-electron chi connectivity index (χ1n) is 14.5. The van der Waals surface area contributed by atoms with Crippen LogP contribution in [0.1, 0.15) is 105 Å². The van der Waals surface area contributed by atoms with E-state index < -0.39 is 0 Å². The Hall–Kier alpha value is -1.49. The minimum Gasteiger partial charge on any atom is -0.469 e. The summed E-state index contributed by atoms with van der Waals surface area (Å²) in [6.07, 6.45) is 26.5. The highest BCUT2D eigenvalue weighted by Crippen LogP contribution is 2.71. The van der Waals surface area contributed by atoms with Crippen LogP contribution in [0.5, 0.6) is 0 Å². The van der Waals surface area contributed by atoms with Crippen LogP contribution >= 0.6 is 0 Å². The number of hydrogen-bond acceptors (Lipinski definition) is 2. The lowest BCUT2D eigenvalue weighted by molar-refractivity contribution is -0.166. The fourth-order valence-corrected chi connectivity index (χ4v) is 10.4. The molecule has 5 rings (SSSR count). The zero-order valence-corrected chi connectivity index (χ0v) is 23.6. The van der Waals surface area contributed by atoms with Crippen molar-refractivity contribution in [2.24, 2.45) is 51.8 Å². The summed E-state index contributed by atoms with van der Waals surface area (Å²) in [6, 6.07) is 0. The Labute approximate surface area is 216 Å². The van der Waals surface area contributed by atoms with Gasteiger partial charge in [0.05, 0.1) is 12.5 Å². The number of allylic oxidation sites excluding steroid dienone is 3. The molecule has 0 aromatic rings. The van der Waals surface area contributed by atoms with Crippen molar-refractivity contribution in [3.05, 3.63) is 24.3 Å². The van der Waals surface area contributed by atoms with Crippen molar-refractivity contribution in [1.82, 2.24) is 0 Å². The van der Waals surface area contributed by atoms with Gasteiger partial charge in [-0.1, -0.05) is 65.2 Å². The van der Waals surface area contributed by atoms with Gasteiger partial charge in [-0.2, -0.15) is 0 Å². The molecule has 0 heterocycles. The summed E-state index contributed by atoms with van der Waals surface area (Å²) >= 11 is 0. The second-order valence-corrected chi connectivity index (χ2v) is 12.6. The summed E-state index contributed by atoms with van der Waals surface area (Å²) in [4.78, 5) is 13.1. The number of ether oxygens (including phenoxy) is 1. The Morgan fingerprint density at radius 1 is 1.09 bits per heavy atom. The number of carbonyl (C=O) groups excluding carboxylic acids is 1. The lowest BCUT2D eigenvalue weighted by Gasteiger charge is -2.64. The molecular formula is C33H52O2. The van der Waals surface area contributed by atoms with Crippen molar-refractivity contribution in [2.45, 2.75) is 105 Å². The van der Waals surface area contributed by atoms with Crippen molar-refractivity contribution in [3.63, 3.8) is 0 Å². The van der Waals surface area contributed by atoms with E-state index in [2.05, 4.69) is 52.3 Å². The highest BCUT2D eigenvalue weighted by atomic mass is 16.5. The summed E-state index contributed by atoms with van der Waals surface area (Å²) in [7, 11) is 1.61. The molecule has 0 aliphatic heterocycles. The first-order valence-corrected chi connectivity index (χ1v) is 14.5. The molecule has 35 heavy (non-hydrogen) atoms. The lowest BCUT2D eigenvalue weighted by atomic mass is 9.40. The summed E-state index contributed by atoms with van der Waals surface area (Å²) in [5.41, 5.74) is 2.31. The zero-order chi connectivity index (χ0) is 26.0. The van der Waals surface area contributed by atoms with Gasteiger partial charge in [0.2, 0.25) is 0 Å². The van der Waals surface area contributed by atoms with Crippen LogP contribution < -0.4 is 0 Å². The van der Waals surface area contributed by atoms with Gasteiger partial charge >= 0.3 is 5.97 Å². The molecule has 0 spiro atoms. The topological polar surface area (TPSA) is 26.3 Å². The van der Waals surface area contributed by atoms with Gasteiger partial charge in [-0.05, 0) is 104 Å². The van der Waals surface area contributed by atoms with Crippen molar-refractivity contribution < 1.29 is 9.53 Å². The van der Waals surface area contributed by atoms with E-state index in [0.717, 1.165) is 30.6 Å². The summed E-state index contributed by atoms with van der Waals surface area (Å²) in [6.45, 7) is 15.8. The van der Waals surface area contributed by atoms with Crippen molar-refractivity contribution in [1.29, 1.82) is 0 Å². The van der Waals surface area contributed by atoms with Crippen LogP contribution in [0.15, 0.2) is 24.3 Å². The van der Waals surface area contributed by atoms with E-state index in [4.69, 9.17) is 4.74 Å². The third-order valence-electron chi connectivity index (χ3n) is 11.6. The molecule has 4 fully saturated rings. The fraction of sp³-hybridized carbons (Fsp3) is 0.788. The quantitative estimate of drug-likeness (QED) is 0.229. The highest BCUT2D eigenvalue weighted by Gasteiger charge is 2.64. The first kappa shape index (κ1) is 28.1. The van der Waals surface area contributed by atoms with Crippen molar-refractivity contribution in [3.8, 4) is 12.8 Å². The Morgan fingerprint density at radius 2 is 1.77 bits per heavy atom. The molecule has 0 radical (unpaired) electrons. The van der Waals surface area contributed by atoms with Crippen LogP contribution in [0.2, 0.25) is 0 Å². The molecule has 4 saturated carbocycles. The second-order valence-electron chi connectivity index (χ2n) is 12.6. The van der Waals surface area contributed by atoms with E-state index >= 15 is 0 Å². The molecular weight excluding hydrogens is 428 g/mol. The number of terminal acetylenes is 1. The number of carbonyl (C=O) groups is 1. The van der Waals surface area contributed by atoms with Gasteiger partial charge in [0.15, 0.2) is 0 Å². The molecule has 0 bridgehead atoms. The average Bonchev–Trinajstić information content (AvgIpc) is 3.21. The number of fused-ring (bicyclic) bond motifs is 7. The van der Waals surface area contributed by atoms with Crippen LogP contribution in [0.25, 0.3) is 0 Å². The molecule has 9 atom stereocenters. The maximum Gasteiger partial charge on any atom is 0.312 e. The molecule has 2 nitrogen and oxygen atoms in total. The molecule has 2 heteroatoms. The molecule has 0 saturated heterocycles. The number of hydrogen-bond donors (Lipinski definition) is 0. The first-order chi connectivity index (χ1) is 16.8. The summed E-state index contributed by atoms with van der Waals surface area (Å²) < 4.78 is 5.44. The minimum atomic E-state index is -0.249. The van der Waals surface area contributed by atoms with Crippen LogP contribution in [-0.4, -0.2) is 13.1 Å². The third kappa shape index (κ3) is 4.14. The predicted octanol–water partition coefficient (Wildman–Crippen LogP) is 8.62. The predicted molar refractivity (Wildman–Crippen MR) is 148 cm³/mol. The van der Waals surface area contributed by atoms with Gasteiger partial charge in [0, 0.05) is 0 Å². The smallest absolute Gasteiger partial charge is 0.312 e. The zero-order valence-electron chi connectivity index (χ0n) is 23.6. The summed E-state index contributed by atoms with van der Waals surface area (Å²) in [5.74, 6) is 4.29. The van der Waals surface area contributed by atoms with Gasteiger partial charge in [-0.3, -0.25) is 4.79 Å². The fourth-order valence-electron chi connectivity index (χ4n) is 10.4. The van der Waals surface area contributed by atoms with Gasteiger partial charge in [-0.25, -0.2) is 0 Å². The second kappa shape index (κ2) is 10.9. The van der Waals surface area contributed by atoms with Crippen molar-refractivity contribution in [2.75, 3.05) is 7.11 Å². The highest BCUT2D eigenvalue weighted by molar-refractivity contribution is 5.78. The largest absolute Gasteiger partial charge is 0.469 e. The Bertz CT molecular complexity index is 822. The van der Waals surface area contributed by atoms with Crippen LogP contribution in [0, 0.1) is 64.6 Å². The normalized spacial score (nSPS) is 45.3. The maximum absolute atomic E-state index is 13.1. The third-order valence-corrected chi connectivity index (χ3v) is 11.6. The Balaban J connectivity index is 0.000000815. The summed E-state index contributed by atoms with van der Waals surface area (Å²) in [5, 5.41) is 0. The number of rotatable bonds is 3. The molecule has 0 aromatic carbocycles. The van der Waals surface area contributed by atoms with E-state index in [1.165, 1.54) is 57.8 Å². The lowest BCUT2D eigenvalue weighted by Crippen LogP contribution is -2.57. The number of esters is 1. The van der Waals surface area contributed by atoms with Gasteiger partial charge in [0.25, 0.3) is 0 Å². The minimum absolute atomic E-state index is 0.0782. The van der Waals surface area contributed by atoms with Crippen LogP contribution in [0.3, 0.4) is 0 Å².